The van der Waals surface area contributed by atoms with Crippen molar-refractivity contribution in [2.24, 2.45) is 0 Å². The van der Waals surface area contributed by atoms with Gasteiger partial charge in [-0.25, -0.2) is 4.90 Å². The van der Waals surface area contributed by atoms with Crippen molar-refractivity contribution >= 4 is 39.8 Å². The number of benzene rings is 7. The number of hydrogen-bond donors (Lipinski definition) is 0. The van der Waals surface area contributed by atoms with Gasteiger partial charge >= 0.3 is 0 Å². The summed E-state index contributed by atoms with van der Waals surface area (Å²) in [4.78, 5) is 28.9. The number of fused-ring (bicyclic) bond motifs is 3. The third-order valence-electron chi connectivity index (χ3n) is 9.81. The van der Waals surface area contributed by atoms with Crippen molar-refractivity contribution in [3.05, 3.63) is 180 Å². The second kappa shape index (κ2) is 13.1. The van der Waals surface area contributed by atoms with E-state index in [2.05, 4.69) is 103 Å². The van der Waals surface area contributed by atoms with Crippen molar-refractivity contribution in [3.8, 4) is 39.1 Å². The van der Waals surface area contributed by atoms with E-state index in [0.717, 1.165) is 66.4 Å². The van der Waals surface area contributed by atoms with Crippen LogP contribution >= 0.6 is 0 Å². The summed E-state index contributed by atoms with van der Waals surface area (Å²) >= 11 is 0. The highest BCUT2D eigenvalue weighted by Crippen LogP contribution is 2.39. The zero-order valence-corrected chi connectivity index (χ0v) is 28.8. The fourth-order valence-corrected chi connectivity index (χ4v) is 7.13. The second-order valence-corrected chi connectivity index (χ2v) is 13.2. The lowest BCUT2D eigenvalue weighted by molar-refractivity contribution is -0.106. The minimum Gasteiger partial charge on any atom is -0.308 e. The van der Waals surface area contributed by atoms with Gasteiger partial charge in [-0.15, -0.1) is 0 Å². The van der Waals surface area contributed by atoms with Crippen LogP contribution in [0.5, 0.6) is 0 Å². The number of imide groups is 1. The van der Waals surface area contributed by atoms with Crippen LogP contribution < -0.4 is 4.90 Å². The third kappa shape index (κ3) is 5.71. The Morgan fingerprint density at radius 3 is 1.63 bits per heavy atom. The first kappa shape index (κ1) is 31.7. The molecule has 0 spiro atoms. The molecule has 8 rings (SSSR count). The number of carbonyl (C=O) groups excluding carboxylic acids is 2. The number of aromatic nitrogens is 1. The highest BCUT2D eigenvalue weighted by atomic mass is 16.2. The van der Waals surface area contributed by atoms with Gasteiger partial charge in [0.15, 0.2) is 0 Å². The summed E-state index contributed by atoms with van der Waals surface area (Å²) in [6.07, 6.45) is 0.633. The standard InChI is InChI=1S/C47H36N2O2/c1-31-16-20-34(21-17-31)37-24-26-43-40(28-37)41-29-38(35-22-18-32(2)19-23-35)25-27-44(41)49(43)45-15-9-10-33(3)46(45)47(51)48(30-50)42-14-8-7-13-39(42)36-11-5-4-6-12-36/h4-30H,1-3H3. The number of hydrogen-bond acceptors (Lipinski definition) is 2. The van der Waals surface area contributed by atoms with Gasteiger partial charge in [0.05, 0.1) is 28.0 Å². The van der Waals surface area contributed by atoms with Crippen molar-refractivity contribution < 1.29 is 9.59 Å². The average Bonchev–Trinajstić information content (AvgIpc) is 3.49. The average molecular weight is 661 g/mol. The normalized spacial score (nSPS) is 11.2. The van der Waals surface area contributed by atoms with E-state index in [0.29, 0.717) is 17.7 Å². The van der Waals surface area contributed by atoms with Crippen LogP contribution in [0, 0.1) is 20.8 Å². The number of anilines is 1. The van der Waals surface area contributed by atoms with Gasteiger partial charge in [-0.3, -0.25) is 9.59 Å². The largest absolute Gasteiger partial charge is 0.308 e. The SMILES string of the molecule is Cc1ccc(-c2ccc3c(c2)c2cc(-c4ccc(C)cc4)ccc2n3-c2cccc(C)c2C(=O)N(C=O)c2ccccc2-c2ccccc2)cc1. The van der Waals surface area contributed by atoms with Crippen molar-refractivity contribution in [1.82, 2.24) is 4.57 Å². The molecule has 0 saturated heterocycles. The van der Waals surface area contributed by atoms with Crippen LogP contribution in [-0.2, 0) is 4.79 Å². The van der Waals surface area contributed by atoms with E-state index in [4.69, 9.17) is 0 Å². The summed E-state index contributed by atoms with van der Waals surface area (Å²) in [7, 11) is 0. The van der Waals surface area contributed by atoms with Crippen LogP contribution in [0.4, 0.5) is 5.69 Å². The first-order valence-electron chi connectivity index (χ1n) is 17.2. The van der Waals surface area contributed by atoms with Gasteiger partial charge < -0.3 is 4.57 Å². The molecule has 0 aliphatic rings. The van der Waals surface area contributed by atoms with Crippen molar-refractivity contribution in [2.75, 3.05) is 4.90 Å². The van der Waals surface area contributed by atoms with Gasteiger partial charge in [0.2, 0.25) is 6.41 Å². The van der Waals surface area contributed by atoms with Crippen LogP contribution in [0.2, 0.25) is 0 Å². The molecule has 0 bridgehead atoms. The molecule has 1 heterocycles. The number of para-hydroxylation sites is 1. The Hall–Kier alpha value is -6.52. The fourth-order valence-electron chi connectivity index (χ4n) is 7.13. The second-order valence-electron chi connectivity index (χ2n) is 13.2. The fraction of sp³-hybridized carbons (Fsp3) is 0.0638. The number of nitrogens with zero attached hydrogens (tertiary/aromatic N) is 2. The minimum absolute atomic E-state index is 0.385. The summed E-state index contributed by atoms with van der Waals surface area (Å²) in [5, 5.41) is 2.16. The molecule has 246 valence electrons. The van der Waals surface area contributed by atoms with E-state index in [1.54, 1.807) is 0 Å². The maximum atomic E-state index is 14.8. The molecule has 0 saturated carbocycles. The first-order chi connectivity index (χ1) is 24.9. The topological polar surface area (TPSA) is 42.3 Å². The van der Waals surface area contributed by atoms with Crippen molar-refractivity contribution in [3.63, 3.8) is 0 Å². The predicted molar refractivity (Wildman–Crippen MR) is 211 cm³/mol. The van der Waals surface area contributed by atoms with Crippen LogP contribution in [-0.4, -0.2) is 16.9 Å². The highest BCUT2D eigenvalue weighted by molar-refractivity contribution is 6.20. The van der Waals surface area contributed by atoms with Crippen LogP contribution in [0.3, 0.4) is 0 Å². The molecule has 7 aromatic carbocycles. The van der Waals surface area contributed by atoms with E-state index < -0.39 is 0 Å². The van der Waals surface area contributed by atoms with Crippen molar-refractivity contribution in [1.29, 1.82) is 0 Å². The van der Waals surface area contributed by atoms with E-state index in [1.165, 1.54) is 16.0 Å². The maximum absolute atomic E-state index is 14.8. The molecule has 0 atom stereocenters. The Labute approximate surface area is 297 Å². The molecule has 4 nitrogen and oxygen atoms in total. The van der Waals surface area contributed by atoms with Gasteiger partial charge in [0.1, 0.15) is 0 Å². The Morgan fingerprint density at radius 1 is 0.529 bits per heavy atom. The monoisotopic (exact) mass is 660 g/mol. The van der Waals surface area contributed by atoms with Gasteiger partial charge in [-0.05, 0) is 90.6 Å². The van der Waals surface area contributed by atoms with Gasteiger partial charge in [-0.2, -0.15) is 0 Å². The first-order valence-corrected chi connectivity index (χ1v) is 17.2. The minimum atomic E-state index is -0.385. The maximum Gasteiger partial charge on any atom is 0.267 e. The van der Waals surface area contributed by atoms with E-state index in [-0.39, 0.29) is 5.91 Å². The number of amides is 2. The Balaban J connectivity index is 1.35. The molecule has 1 aromatic heterocycles. The molecule has 4 heteroatoms. The molecular weight excluding hydrogens is 625 g/mol. The molecule has 2 amide bonds. The third-order valence-corrected chi connectivity index (χ3v) is 9.81. The van der Waals surface area contributed by atoms with Gasteiger partial charge in [0.25, 0.3) is 5.91 Å². The molecule has 0 aliphatic heterocycles. The highest BCUT2D eigenvalue weighted by Gasteiger charge is 2.26. The van der Waals surface area contributed by atoms with Gasteiger partial charge in [0, 0.05) is 16.3 Å². The molecule has 0 fully saturated rings. The van der Waals surface area contributed by atoms with Crippen LogP contribution in [0.25, 0.3) is 60.9 Å². The van der Waals surface area contributed by atoms with E-state index in [9.17, 15) is 9.59 Å². The molecule has 0 N–H and O–H groups in total. The summed E-state index contributed by atoms with van der Waals surface area (Å²) in [5.74, 6) is -0.385. The van der Waals surface area contributed by atoms with Crippen molar-refractivity contribution in [2.45, 2.75) is 20.8 Å². The lowest BCUT2D eigenvalue weighted by atomic mass is 9.99. The van der Waals surface area contributed by atoms with Crippen LogP contribution in [0.15, 0.2) is 158 Å². The summed E-state index contributed by atoms with van der Waals surface area (Å²) in [5.41, 5.74) is 13.1. The molecule has 8 aromatic rings. The van der Waals surface area contributed by atoms with Gasteiger partial charge in [-0.1, -0.05) is 132 Å². The molecular formula is C47H36N2O2. The molecule has 0 aliphatic carbocycles. The molecule has 0 unspecified atom stereocenters. The smallest absolute Gasteiger partial charge is 0.267 e. The Bertz CT molecular complexity index is 2480. The van der Waals surface area contributed by atoms with E-state index in [1.807, 2.05) is 79.7 Å². The Kier molecular flexibility index (Phi) is 8.13. The van der Waals surface area contributed by atoms with E-state index >= 15 is 0 Å². The zero-order chi connectivity index (χ0) is 35.1. The molecule has 51 heavy (non-hydrogen) atoms. The lowest BCUT2D eigenvalue weighted by Gasteiger charge is -2.23. The Morgan fingerprint density at radius 2 is 1.06 bits per heavy atom. The number of rotatable bonds is 7. The van der Waals surface area contributed by atoms with Crippen LogP contribution in [0.1, 0.15) is 27.0 Å². The molecule has 0 radical (unpaired) electrons. The summed E-state index contributed by atoms with van der Waals surface area (Å²) in [6, 6.07) is 53.5. The zero-order valence-electron chi connectivity index (χ0n) is 28.8. The predicted octanol–water partition coefficient (Wildman–Crippen LogP) is 11.5. The summed E-state index contributed by atoms with van der Waals surface area (Å²) in [6.45, 7) is 6.13. The number of aryl methyl sites for hydroxylation is 3. The lowest BCUT2D eigenvalue weighted by Crippen LogP contribution is -2.31. The summed E-state index contributed by atoms with van der Waals surface area (Å²) < 4.78 is 2.18. The number of carbonyl (C=O) groups is 2. The quantitative estimate of drug-likeness (QED) is 0.160.